The number of ether oxygens (including phenoxy) is 2. The fourth-order valence-corrected chi connectivity index (χ4v) is 1.98. The standard InChI is InChI=1S/C14H15F3N2O4/c15-14(16,17)23-10-4-1-9(2-5-10)3-6-12(20)18-7-11-8-19-13(21)22-11/h1-2,4-5,11H,3,6-8H2,(H,18,20)(H,19,21). The van der Waals surface area contributed by atoms with Gasteiger partial charge in [0.25, 0.3) is 0 Å². The van der Waals surface area contributed by atoms with Crippen molar-refractivity contribution in [2.45, 2.75) is 25.3 Å². The topological polar surface area (TPSA) is 76.7 Å². The lowest BCUT2D eigenvalue weighted by Gasteiger charge is -2.10. The normalized spacial score (nSPS) is 17.3. The van der Waals surface area contributed by atoms with E-state index in [-0.39, 0.29) is 30.7 Å². The molecule has 1 saturated heterocycles. The molecule has 9 heteroatoms. The van der Waals surface area contributed by atoms with Gasteiger partial charge in [-0.25, -0.2) is 4.79 Å². The number of alkyl halides is 3. The number of alkyl carbamates (subject to hydrolysis) is 1. The lowest BCUT2D eigenvalue weighted by molar-refractivity contribution is -0.274. The van der Waals surface area contributed by atoms with Crippen LogP contribution in [0.4, 0.5) is 18.0 Å². The molecule has 0 aromatic heterocycles. The van der Waals surface area contributed by atoms with Crippen LogP contribution in [-0.4, -0.2) is 37.6 Å². The van der Waals surface area contributed by atoms with Crippen LogP contribution < -0.4 is 15.4 Å². The zero-order valence-electron chi connectivity index (χ0n) is 12.0. The molecule has 0 radical (unpaired) electrons. The summed E-state index contributed by atoms with van der Waals surface area (Å²) < 4.78 is 44.7. The van der Waals surface area contributed by atoms with E-state index in [0.717, 1.165) is 0 Å². The molecule has 2 rings (SSSR count). The molecule has 2 N–H and O–H groups in total. The van der Waals surface area contributed by atoms with Crippen LogP contribution in [0.1, 0.15) is 12.0 Å². The Morgan fingerprint density at radius 3 is 2.61 bits per heavy atom. The maximum absolute atomic E-state index is 12.0. The maximum atomic E-state index is 12.0. The first kappa shape index (κ1) is 16.9. The lowest BCUT2D eigenvalue weighted by Crippen LogP contribution is -2.34. The van der Waals surface area contributed by atoms with Crippen LogP contribution in [0.3, 0.4) is 0 Å². The number of carbonyl (C=O) groups is 2. The summed E-state index contributed by atoms with van der Waals surface area (Å²) in [4.78, 5) is 22.5. The number of cyclic esters (lactones) is 1. The number of nitrogens with one attached hydrogen (secondary N) is 2. The monoisotopic (exact) mass is 332 g/mol. The molecule has 0 aliphatic carbocycles. The first-order chi connectivity index (χ1) is 10.8. The Hall–Kier alpha value is -2.45. The molecule has 1 atom stereocenters. The molecule has 1 unspecified atom stereocenters. The molecule has 1 aromatic rings. The Morgan fingerprint density at radius 1 is 1.35 bits per heavy atom. The molecule has 0 bridgehead atoms. The van der Waals surface area contributed by atoms with E-state index in [1.54, 1.807) is 0 Å². The quantitative estimate of drug-likeness (QED) is 0.832. The second-order valence-electron chi connectivity index (χ2n) is 4.90. The van der Waals surface area contributed by atoms with E-state index in [9.17, 15) is 22.8 Å². The third-order valence-corrected chi connectivity index (χ3v) is 3.07. The predicted molar refractivity (Wildman–Crippen MR) is 72.7 cm³/mol. The molecule has 1 heterocycles. The number of hydrogen-bond acceptors (Lipinski definition) is 4. The highest BCUT2D eigenvalue weighted by Gasteiger charge is 2.30. The summed E-state index contributed by atoms with van der Waals surface area (Å²) in [5.74, 6) is -0.537. The Balaban J connectivity index is 1.70. The Kier molecular flexibility index (Phi) is 5.30. The number of aryl methyl sites for hydroxylation is 1. The number of hydrogen-bond donors (Lipinski definition) is 2. The largest absolute Gasteiger partial charge is 0.573 e. The Morgan fingerprint density at radius 2 is 2.04 bits per heavy atom. The predicted octanol–water partition coefficient (Wildman–Crippen LogP) is 1.74. The van der Waals surface area contributed by atoms with Gasteiger partial charge in [0.15, 0.2) is 0 Å². The van der Waals surface area contributed by atoms with Crippen LogP contribution in [0.15, 0.2) is 24.3 Å². The second-order valence-corrected chi connectivity index (χ2v) is 4.90. The number of carbonyl (C=O) groups excluding carboxylic acids is 2. The summed E-state index contributed by atoms with van der Waals surface area (Å²) in [5.41, 5.74) is 0.712. The molecule has 2 amide bonds. The van der Waals surface area contributed by atoms with Crippen LogP contribution in [0.5, 0.6) is 5.75 Å². The molecule has 0 spiro atoms. The average Bonchev–Trinajstić information content (AvgIpc) is 2.88. The van der Waals surface area contributed by atoms with Crippen molar-refractivity contribution >= 4 is 12.0 Å². The summed E-state index contributed by atoms with van der Waals surface area (Å²) in [6.07, 6.45) is -5.07. The number of benzene rings is 1. The SMILES string of the molecule is O=C(CCc1ccc(OC(F)(F)F)cc1)NCC1CNC(=O)O1. The third kappa shape index (κ3) is 6.05. The molecule has 1 aliphatic rings. The van der Waals surface area contributed by atoms with Crippen molar-refractivity contribution < 1.29 is 32.2 Å². The number of rotatable bonds is 6. The van der Waals surface area contributed by atoms with Crippen LogP contribution in [-0.2, 0) is 16.0 Å². The highest BCUT2D eigenvalue weighted by molar-refractivity contribution is 5.76. The molecular weight excluding hydrogens is 317 g/mol. The van der Waals surface area contributed by atoms with E-state index in [1.807, 2.05) is 0 Å². The molecule has 23 heavy (non-hydrogen) atoms. The minimum atomic E-state index is -4.72. The Bertz CT molecular complexity index is 560. The van der Waals surface area contributed by atoms with E-state index in [4.69, 9.17) is 4.74 Å². The first-order valence-electron chi connectivity index (χ1n) is 6.88. The summed E-state index contributed by atoms with van der Waals surface area (Å²) >= 11 is 0. The second kappa shape index (κ2) is 7.21. The van der Waals surface area contributed by atoms with Gasteiger partial charge in [-0.05, 0) is 24.1 Å². The lowest BCUT2D eigenvalue weighted by atomic mass is 10.1. The zero-order valence-corrected chi connectivity index (χ0v) is 12.0. The van der Waals surface area contributed by atoms with Crippen LogP contribution in [0.2, 0.25) is 0 Å². The number of halogens is 3. The molecule has 1 fully saturated rings. The van der Waals surface area contributed by atoms with Crippen molar-refractivity contribution in [1.82, 2.24) is 10.6 Å². The molecule has 0 saturated carbocycles. The molecule has 126 valence electrons. The van der Waals surface area contributed by atoms with Crippen molar-refractivity contribution in [1.29, 1.82) is 0 Å². The molecule has 1 aliphatic heterocycles. The summed E-state index contributed by atoms with van der Waals surface area (Å²) in [6.45, 7) is 0.565. The van der Waals surface area contributed by atoms with Crippen molar-refractivity contribution in [3.63, 3.8) is 0 Å². The smallest absolute Gasteiger partial charge is 0.442 e. The highest BCUT2D eigenvalue weighted by atomic mass is 19.4. The molecule has 6 nitrogen and oxygen atoms in total. The van der Waals surface area contributed by atoms with Gasteiger partial charge in [0.1, 0.15) is 11.9 Å². The van der Waals surface area contributed by atoms with E-state index < -0.39 is 12.5 Å². The zero-order chi connectivity index (χ0) is 16.9. The van der Waals surface area contributed by atoms with Gasteiger partial charge in [-0.2, -0.15) is 0 Å². The maximum Gasteiger partial charge on any atom is 0.573 e. The molecular formula is C14H15F3N2O4. The van der Waals surface area contributed by atoms with E-state index in [1.165, 1.54) is 24.3 Å². The summed E-state index contributed by atoms with van der Waals surface area (Å²) in [6, 6.07) is 5.34. The van der Waals surface area contributed by atoms with Crippen LogP contribution in [0.25, 0.3) is 0 Å². The summed E-state index contributed by atoms with van der Waals surface area (Å²) in [7, 11) is 0. The summed E-state index contributed by atoms with van der Waals surface area (Å²) in [5, 5.41) is 5.10. The van der Waals surface area contributed by atoms with Gasteiger partial charge in [-0.1, -0.05) is 12.1 Å². The van der Waals surface area contributed by atoms with Crippen molar-refractivity contribution in [2.24, 2.45) is 0 Å². The minimum absolute atomic E-state index is 0.174. The van der Waals surface area contributed by atoms with Crippen molar-refractivity contribution in [3.05, 3.63) is 29.8 Å². The van der Waals surface area contributed by atoms with Gasteiger partial charge in [-0.15, -0.1) is 13.2 Å². The van der Waals surface area contributed by atoms with Crippen LogP contribution >= 0.6 is 0 Å². The third-order valence-electron chi connectivity index (χ3n) is 3.07. The molecule has 1 aromatic carbocycles. The highest BCUT2D eigenvalue weighted by Crippen LogP contribution is 2.22. The van der Waals surface area contributed by atoms with Crippen molar-refractivity contribution in [2.75, 3.05) is 13.1 Å². The van der Waals surface area contributed by atoms with Gasteiger partial charge in [0.2, 0.25) is 5.91 Å². The van der Waals surface area contributed by atoms with E-state index in [0.29, 0.717) is 18.5 Å². The van der Waals surface area contributed by atoms with E-state index >= 15 is 0 Å². The van der Waals surface area contributed by atoms with Gasteiger partial charge in [0.05, 0.1) is 13.1 Å². The minimum Gasteiger partial charge on any atom is -0.442 e. The Labute approximate surface area is 129 Å². The average molecular weight is 332 g/mol. The first-order valence-corrected chi connectivity index (χ1v) is 6.88. The van der Waals surface area contributed by atoms with Gasteiger partial charge < -0.3 is 20.1 Å². The van der Waals surface area contributed by atoms with Gasteiger partial charge in [-0.3, -0.25) is 4.79 Å². The number of amides is 2. The van der Waals surface area contributed by atoms with E-state index in [2.05, 4.69) is 15.4 Å². The fourth-order valence-electron chi connectivity index (χ4n) is 1.98. The van der Waals surface area contributed by atoms with Crippen molar-refractivity contribution in [3.8, 4) is 5.75 Å². The van der Waals surface area contributed by atoms with Crippen LogP contribution in [0, 0.1) is 0 Å². The fraction of sp³-hybridized carbons (Fsp3) is 0.429. The van der Waals surface area contributed by atoms with Gasteiger partial charge in [0, 0.05) is 6.42 Å². The van der Waals surface area contributed by atoms with Gasteiger partial charge >= 0.3 is 12.5 Å².